The molecule has 2 aliphatic rings. The molecule has 8 nitrogen and oxygen atoms in total. The predicted molar refractivity (Wildman–Crippen MR) is 127 cm³/mol. The highest BCUT2D eigenvalue weighted by Crippen LogP contribution is 2.55. The molecule has 2 heterocycles. The lowest BCUT2D eigenvalue weighted by Crippen LogP contribution is -2.76. The van der Waals surface area contributed by atoms with Gasteiger partial charge in [0.05, 0.1) is 23.9 Å². The number of fused-ring (bicyclic) bond motifs is 1. The lowest BCUT2D eigenvalue weighted by Gasteiger charge is -2.53. The summed E-state index contributed by atoms with van der Waals surface area (Å²) in [6.07, 6.45) is -0.906. The Labute approximate surface area is 202 Å². The minimum atomic E-state index is -1.51. The van der Waals surface area contributed by atoms with Gasteiger partial charge in [0.1, 0.15) is 11.9 Å². The van der Waals surface area contributed by atoms with Gasteiger partial charge < -0.3 is 19.9 Å². The number of nitrogens with zero attached hydrogens (tertiary/aromatic N) is 2. The third-order valence-corrected chi connectivity index (χ3v) is 6.79. The summed E-state index contributed by atoms with van der Waals surface area (Å²) in [4.78, 5) is 25.4. The van der Waals surface area contributed by atoms with Gasteiger partial charge in [0.15, 0.2) is 5.60 Å². The molecule has 178 valence electrons. The molecule has 0 aromatic heterocycles. The SMILES string of the molecule is CC12OC(=O)C1(C(O)c1ccccc1)NC(=O)C2CCOc1ccc(N=Nc2ccccc2)cc1. The molecule has 0 bridgehead atoms. The quantitative estimate of drug-likeness (QED) is 0.374. The maximum atomic E-state index is 12.9. The predicted octanol–water partition coefficient (Wildman–Crippen LogP) is 4.40. The fourth-order valence-electron chi connectivity index (χ4n) is 4.82. The molecule has 2 aliphatic heterocycles. The fraction of sp³-hybridized carbons (Fsp3) is 0.259. The highest BCUT2D eigenvalue weighted by Gasteiger charge is 2.79. The molecular formula is C27H25N3O5. The highest BCUT2D eigenvalue weighted by atomic mass is 16.6. The number of benzene rings is 3. The number of aliphatic hydroxyl groups is 1. The first-order valence-electron chi connectivity index (χ1n) is 11.4. The monoisotopic (exact) mass is 471 g/mol. The van der Waals surface area contributed by atoms with E-state index in [1.807, 2.05) is 36.4 Å². The minimum Gasteiger partial charge on any atom is -0.494 e. The van der Waals surface area contributed by atoms with Crippen molar-refractivity contribution in [1.82, 2.24) is 5.32 Å². The van der Waals surface area contributed by atoms with E-state index >= 15 is 0 Å². The van der Waals surface area contributed by atoms with Crippen LogP contribution in [0.2, 0.25) is 0 Å². The number of hydrogen-bond donors (Lipinski definition) is 2. The molecule has 2 saturated heterocycles. The van der Waals surface area contributed by atoms with Gasteiger partial charge in [0.25, 0.3) is 0 Å². The van der Waals surface area contributed by atoms with Crippen molar-refractivity contribution < 1.29 is 24.2 Å². The normalized spacial score (nSPS) is 25.9. The van der Waals surface area contributed by atoms with Gasteiger partial charge >= 0.3 is 5.97 Å². The standard InChI is InChI=1S/C27H25N3O5/c1-26-22(24(32)28-27(26,25(33)35-26)23(31)18-8-4-2-5-9-18)16-17-34-21-14-12-20(13-15-21)30-29-19-10-6-3-7-11-19/h2-15,22-23,31H,16-17H2,1H3,(H,28,32). The zero-order valence-corrected chi connectivity index (χ0v) is 19.1. The number of carbonyl (C=O) groups is 2. The van der Waals surface area contributed by atoms with Crippen LogP contribution in [0.15, 0.2) is 95.2 Å². The zero-order chi connectivity index (χ0) is 24.5. The van der Waals surface area contributed by atoms with Crippen molar-refractivity contribution >= 4 is 23.3 Å². The molecule has 4 unspecified atom stereocenters. The second-order valence-electron chi connectivity index (χ2n) is 8.83. The minimum absolute atomic E-state index is 0.230. The van der Waals surface area contributed by atoms with E-state index in [1.165, 1.54) is 0 Å². The van der Waals surface area contributed by atoms with Crippen molar-refractivity contribution in [3.63, 3.8) is 0 Å². The van der Waals surface area contributed by atoms with Crippen LogP contribution in [0, 0.1) is 5.92 Å². The number of hydrogen-bond acceptors (Lipinski definition) is 7. The van der Waals surface area contributed by atoms with Crippen molar-refractivity contribution in [2.75, 3.05) is 6.61 Å². The molecule has 35 heavy (non-hydrogen) atoms. The first-order valence-corrected chi connectivity index (χ1v) is 11.4. The number of amides is 1. The van der Waals surface area contributed by atoms with Crippen molar-refractivity contribution in [2.24, 2.45) is 16.1 Å². The van der Waals surface area contributed by atoms with Crippen molar-refractivity contribution in [2.45, 2.75) is 30.6 Å². The number of azo groups is 1. The molecule has 8 heteroatoms. The van der Waals surface area contributed by atoms with E-state index in [2.05, 4.69) is 15.5 Å². The zero-order valence-electron chi connectivity index (χ0n) is 19.1. The topological polar surface area (TPSA) is 110 Å². The van der Waals surface area contributed by atoms with Crippen LogP contribution in [-0.2, 0) is 14.3 Å². The molecule has 0 radical (unpaired) electrons. The van der Waals surface area contributed by atoms with E-state index in [1.54, 1.807) is 55.5 Å². The summed E-state index contributed by atoms with van der Waals surface area (Å²) in [5.41, 5.74) is -0.702. The molecule has 0 aliphatic carbocycles. The number of aliphatic hydroxyl groups excluding tert-OH is 1. The van der Waals surface area contributed by atoms with Gasteiger partial charge in [-0.2, -0.15) is 10.2 Å². The Hall–Kier alpha value is -4.04. The van der Waals surface area contributed by atoms with E-state index < -0.39 is 29.1 Å². The summed E-state index contributed by atoms with van der Waals surface area (Å²) in [5.74, 6) is -1.01. The number of esters is 1. The van der Waals surface area contributed by atoms with Gasteiger partial charge in [0.2, 0.25) is 11.4 Å². The Kier molecular flexibility index (Phi) is 5.82. The smallest absolute Gasteiger partial charge is 0.339 e. The lowest BCUT2D eigenvalue weighted by atomic mass is 9.66. The van der Waals surface area contributed by atoms with E-state index in [0.717, 1.165) is 5.69 Å². The highest BCUT2D eigenvalue weighted by molar-refractivity contribution is 6.02. The van der Waals surface area contributed by atoms with E-state index in [9.17, 15) is 14.7 Å². The second kappa shape index (κ2) is 8.96. The summed E-state index contributed by atoms with van der Waals surface area (Å²) in [6.45, 7) is 1.92. The fourth-order valence-corrected chi connectivity index (χ4v) is 4.82. The van der Waals surface area contributed by atoms with Crippen LogP contribution in [0.5, 0.6) is 5.75 Å². The Balaban J connectivity index is 1.22. The van der Waals surface area contributed by atoms with Crippen molar-refractivity contribution in [3.05, 3.63) is 90.5 Å². The van der Waals surface area contributed by atoms with Crippen molar-refractivity contribution in [3.8, 4) is 5.75 Å². The lowest BCUT2D eigenvalue weighted by molar-refractivity contribution is -0.236. The second-order valence-corrected chi connectivity index (χ2v) is 8.83. The molecule has 0 saturated carbocycles. The summed E-state index contributed by atoms with van der Waals surface area (Å²) >= 11 is 0. The maximum absolute atomic E-state index is 12.9. The van der Waals surface area contributed by atoms with E-state index in [0.29, 0.717) is 23.4 Å². The Morgan fingerprint density at radius 1 is 0.943 bits per heavy atom. The molecule has 0 spiro atoms. The molecule has 5 rings (SSSR count). The molecule has 3 aromatic carbocycles. The van der Waals surface area contributed by atoms with Crippen LogP contribution in [0.3, 0.4) is 0 Å². The average Bonchev–Trinajstić information content (AvgIpc) is 3.06. The van der Waals surface area contributed by atoms with E-state index in [4.69, 9.17) is 9.47 Å². The first kappa shape index (κ1) is 22.7. The third kappa shape index (κ3) is 3.85. The first-order chi connectivity index (χ1) is 16.9. The summed E-state index contributed by atoms with van der Waals surface area (Å²) in [5, 5.41) is 22.2. The largest absolute Gasteiger partial charge is 0.494 e. The Bertz CT molecular complexity index is 1250. The Morgan fingerprint density at radius 3 is 2.17 bits per heavy atom. The van der Waals surface area contributed by atoms with Gasteiger partial charge in [0, 0.05) is 0 Å². The molecule has 1 amide bonds. The summed E-state index contributed by atoms with van der Waals surface area (Å²) in [7, 11) is 0. The molecule has 2 fully saturated rings. The number of nitrogens with one attached hydrogen (secondary N) is 1. The molecule has 2 N–H and O–H groups in total. The van der Waals surface area contributed by atoms with Crippen LogP contribution in [0.25, 0.3) is 0 Å². The summed E-state index contributed by atoms with van der Waals surface area (Å²) in [6, 6.07) is 25.4. The van der Waals surface area contributed by atoms with Crippen LogP contribution in [-0.4, -0.2) is 34.7 Å². The van der Waals surface area contributed by atoms with Crippen molar-refractivity contribution in [1.29, 1.82) is 0 Å². The van der Waals surface area contributed by atoms with Gasteiger partial charge in [-0.1, -0.05) is 48.5 Å². The summed E-state index contributed by atoms with van der Waals surface area (Å²) < 4.78 is 11.3. The third-order valence-electron chi connectivity index (χ3n) is 6.79. The number of rotatable bonds is 8. The van der Waals surface area contributed by atoms with Gasteiger partial charge in [-0.3, -0.25) is 4.79 Å². The van der Waals surface area contributed by atoms with Crippen LogP contribution in [0.4, 0.5) is 11.4 Å². The van der Waals surface area contributed by atoms with Crippen LogP contribution < -0.4 is 10.1 Å². The molecule has 4 atom stereocenters. The molecular weight excluding hydrogens is 446 g/mol. The number of carbonyl (C=O) groups excluding carboxylic acids is 2. The van der Waals surface area contributed by atoms with Crippen LogP contribution >= 0.6 is 0 Å². The Morgan fingerprint density at radius 2 is 1.54 bits per heavy atom. The van der Waals surface area contributed by atoms with E-state index in [-0.39, 0.29) is 12.5 Å². The average molecular weight is 472 g/mol. The van der Waals surface area contributed by atoms with Crippen LogP contribution in [0.1, 0.15) is 25.0 Å². The molecule has 3 aromatic rings. The van der Waals surface area contributed by atoms with Gasteiger partial charge in [-0.05, 0) is 55.3 Å². The number of ether oxygens (including phenoxy) is 2. The van der Waals surface area contributed by atoms with Gasteiger partial charge in [-0.25, -0.2) is 4.79 Å². The van der Waals surface area contributed by atoms with Gasteiger partial charge in [-0.15, -0.1) is 0 Å². The maximum Gasteiger partial charge on any atom is 0.339 e.